The number of furan rings is 1. The number of anilines is 1. The minimum Gasteiger partial charge on any atom is -0.483 e. The molecule has 2 aromatic rings. The Kier molecular flexibility index (Phi) is 4.68. The van der Waals surface area contributed by atoms with Gasteiger partial charge in [0.05, 0.1) is 24.1 Å². The van der Waals surface area contributed by atoms with Gasteiger partial charge in [0, 0.05) is 6.54 Å². The van der Waals surface area contributed by atoms with Gasteiger partial charge in [-0.3, -0.25) is 0 Å². The molecule has 0 amide bonds. The highest BCUT2D eigenvalue weighted by molar-refractivity contribution is 7.80. The lowest BCUT2D eigenvalue weighted by molar-refractivity contribution is 0.337. The van der Waals surface area contributed by atoms with E-state index in [1.165, 1.54) is 0 Å². The maximum atomic E-state index is 5.44. The summed E-state index contributed by atoms with van der Waals surface area (Å²) in [6.07, 6.45) is 1.60. The summed E-state index contributed by atoms with van der Waals surface area (Å²) in [4.78, 5) is 8.89. The van der Waals surface area contributed by atoms with Gasteiger partial charge in [-0.1, -0.05) is 0 Å². The summed E-state index contributed by atoms with van der Waals surface area (Å²) in [6, 6.07) is 3.66. The predicted molar refractivity (Wildman–Crippen MR) is 82.0 cm³/mol. The number of ether oxygens (including phenoxy) is 1. The Morgan fingerprint density at radius 1 is 1.40 bits per heavy atom. The predicted octanol–water partition coefficient (Wildman–Crippen LogP) is 3.19. The Morgan fingerprint density at radius 2 is 2.20 bits per heavy atom. The zero-order valence-electron chi connectivity index (χ0n) is 11.8. The topological polar surface area (TPSA) is 60.2 Å². The number of aryl methyl sites for hydroxylation is 1. The van der Waals surface area contributed by atoms with Crippen LogP contribution in [0, 0.1) is 6.92 Å². The van der Waals surface area contributed by atoms with Crippen molar-refractivity contribution in [3.05, 3.63) is 29.7 Å². The normalized spacial score (nSPS) is 10.3. The standard InChI is InChI=1S/C14H17N3O2S/c1-4-15-14-16-9(3)11(13(20)18-5-2)12(17-14)10-7-6-8-19-10/h6-8H,4-5H2,1-3H3,(H,15,16,17). The fourth-order valence-corrected chi connectivity index (χ4v) is 2.21. The molecule has 0 fully saturated rings. The summed E-state index contributed by atoms with van der Waals surface area (Å²) in [5.41, 5.74) is 2.12. The third kappa shape index (κ3) is 2.96. The number of hydrogen-bond acceptors (Lipinski definition) is 6. The van der Waals surface area contributed by atoms with Gasteiger partial charge in [-0.25, -0.2) is 9.97 Å². The molecule has 0 saturated carbocycles. The zero-order chi connectivity index (χ0) is 14.5. The number of nitrogens with zero attached hydrogens (tertiary/aromatic N) is 2. The second-order valence-electron chi connectivity index (χ2n) is 4.08. The van der Waals surface area contributed by atoms with E-state index >= 15 is 0 Å². The average molecular weight is 291 g/mol. The minimum atomic E-state index is 0.388. The van der Waals surface area contributed by atoms with Crippen LogP contribution < -0.4 is 5.32 Å². The molecule has 1 N–H and O–H groups in total. The first-order valence-corrected chi connectivity index (χ1v) is 6.91. The van der Waals surface area contributed by atoms with Crippen molar-refractivity contribution < 1.29 is 9.15 Å². The van der Waals surface area contributed by atoms with Crippen LogP contribution in [0.5, 0.6) is 0 Å². The fourth-order valence-electron chi connectivity index (χ4n) is 1.85. The van der Waals surface area contributed by atoms with Crippen LogP contribution >= 0.6 is 12.2 Å². The molecule has 2 rings (SSSR count). The van der Waals surface area contributed by atoms with E-state index in [4.69, 9.17) is 21.4 Å². The van der Waals surface area contributed by atoms with Crippen molar-refractivity contribution in [2.75, 3.05) is 18.5 Å². The fraction of sp³-hybridized carbons (Fsp3) is 0.357. The Morgan fingerprint density at radius 3 is 2.80 bits per heavy atom. The molecule has 5 nitrogen and oxygen atoms in total. The van der Waals surface area contributed by atoms with E-state index in [1.54, 1.807) is 6.26 Å². The number of thiocarbonyl (C=S) groups is 1. The zero-order valence-corrected chi connectivity index (χ0v) is 12.6. The number of aromatic nitrogens is 2. The Hall–Kier alpha value is -1.95. The van der Waals surface area contributed by atoms with Crippen LogP contribution in [-0.2, 0) is 4.74 Å². The van der Waals surface area contributed by atoms with E-state index in [-0.39, 0.29) is 0 Å². The van der Waals surface area contributed by atoms with E-state index in [1.807, 2.05) is 32.9 Å². The molecule has 2 aromatic heterocycles. The molecular formula is C14H17N3O2S. The van der Waals surface area contributed by atoms with Crippen LogP contribution in [0.1, 0.15) is 25.1 Å². The summed E-state index contributed by atoms with van der Waals surface area (Å²) in [7, 11) is 0. The summed E-state index contributed by atoms with van der Waals surface area (Å²) >= 11 is 5.31. The van der Waals surface area contributed by atoms with Gasteiger partial charge >= 0.3 is 0 Å². The molecule has 2 heterocycles. The van der Waals surface area contributed by atoms with Crippen molar-refractivity contribution in [3.63, 3.8) is 0 Å². The van der Waals surface area contributed by atoms with E-state index in [9.17, 15) is 0 Å². The second-order valence-corrected chi connectivity index (χ2v) is 4.46. The van der Waals surface area contributed by atoms with Crippen LogP contribution in [-0.4, -0.2) is 28.2 Å². The molecule has 0 aliphatic rings. The van der Waals surface area contributed by atoms with Crippen molar-refractivity contribution in [1.29, 1.82) is 0 Å². The van der Waals surface area contributed by atoms with Crippen molar-refractivity contribution in [2.45, 2.75) is 20.8 Å². The lowest BCUT2D eigenvalue weighted by atomic mass is 10.1. The quantitative estimate of drug-likeness (QED) is 0.854. The van der Waals surface area contributed by atoms with Gasteiger partial charge in [-0.15, -0.1) is 0 Å². The molecule has 0 aromatic carbocycles. The third-order valence-electron chi connectivity index (χ3n) is 2.66. The average Bonchev–Trinajstić information content (AvgIpc) is 2.92. The van der Waals surface area contributed by atoms with Crippen molar-refractivity contribution in [1.82, 2.24) is 9.97 Å². The highest BCUT2D eigenvalue weighted by atomic mass is 32.1. The molecule has 0 saturated heterocycles. The SMILES string of the molecule is CCNc1nc(C)c(C(=S)OCC)c(-c2ccco2)n1. The van der Waals surface area contributed by atoms with Crippen LogP contribution in [0.3, 0.4) is 0 Å². The first-order chi connectivity index (χ1) is 9.67. The van der Waals surface area contributed by atoms with E-state index in [0.29, 0.717) is 34.6 Å². The number of rotatable bonds is 5. The number of hydrogen-bond donors (Lipinski definition) is 1. The van der Waals surface area contributed by atoms with Crippen molar-refractivity contribution in [3.8, 4) is 11.5 Å². The Balaban J connectivity index is 2.56. The summed E-state index contributed by atoms with van der Waals surface area (Å²) in [5, 5.41) is 3.49. The van der Waals surface area contributed by atoms with Gasteiger partial charge in [0.2, 0.25) is 5.95 Å². The second kappa shape index (κ2) is 6.47. The molecule has 20 heavy (non-hydrogen) atoms. The van der Waals surface area contributed by atoms with Crippen molar-refractivity contribution in [2.24, 2.45) is 0 Å². The molecule has 106 valence electrons. The molecule has 6 heteroatoms. The first-order valence-electron chi connectivity index (χ1n) is 6.50. The molecule has 0 aliphatic heterocycles. The molecule has 0 radical (unpaired) electrons. The minimum absolute atomic E-state index is 0.388. The van der Waals surface area contributed by atoms with E-state index < -0.39 is 0 Å². The summed E-state index contributed by atoms with van der Waals surface area (Å²) in [6.45, 7) is 7.01. The smallest absolute Gasteiger partial charge is 0.223 e. The molecular weight excluding hydrogens is 274 g/mol. The number of nitrogens with one attached hydrogen (secondary N) is 1. The summed E-state index contributed by atoms with van der Waals surface area (Å²) in [5.74, 6) is 1.20. The molecule has 0 spiro atoms. The van der Waals surface area contributed by atoms with Crippen LogP contribution in [0.25, 0.3) is 11.5 Å². The van der Waals surface area contributed by atoms with Crippen LogP contribution in [0.4, 0.5) is 5.95 Å². The van der Waals surface area contributed by atoms with Gasteiger partial charge in [0.1, 0.15) is 5.69 Å². The highest BCUT2D eigenvalue weighted by Crippen LogP contribution is 2.26. The molecule has 0 bridgehead atoms. The van der Waals surface area contributed by atoms with Gasteiger partial charge in [0.25, 0.3) is 0 Å². The van der Waals surface area contributed by atoms with Gasteiger partial charge in [0.15, 0.2) is 10.8 Å². The maximum absolute atomic E-state index is 5.44. The van der Waals surface area contributed by atoms with Crippen LogP contribution in [0.15, 0.2) is 22.8 Å². The van der Waals surface area contributed by atoms with Gasteiger partial charge < -0.3 is 14.5 Å². The van der Waals surface area contributed by atoms with Crippen molar-refractivity contribution >= 4 is 23.2 Å². The monoisotopic (exact) mass is 291 g/mol. The molecule has 0 atom stereocenters. The Bertz CT molecular complexity index is 597. The summed E-state index contributed by atoms with van der Waals surface area (Å²) < 4.78 is 10.9. The maximum Gasteiger partial charge on any atom is 0.223 e. The van der Waals surface area contributed by atoms with E-state index in [0.717, 1.165) is 12.2 Å². The highest BCUT2D eigenvalue weighted by Gasteiger charge is 2.19. The Labute approximate surface area is 123 Å². The lowest BCUT2D eigenvalue weighted by Crippen LogP contribution is -2.13. The van der Waals surface area contributed by atoms with Gasteiger partial charge in [-0.05, 0) is 45.1 Å². The van der Waals surface area contributed by atoms with Crippen LogP contribution in [0.2, 0.25) is 0 Å². The van der Waals surface area contributed by atoms with Gasteiger partial charge in [-0.2, -0.15) is 0 Å². The largest absolute Gasteiger partial charge is 0.483 e. The molecule has 0 unspecified atom stereocenters. The first kappa shape index (κ1) is 14.5. The van der Waals surface area contributed by atoms with E-state index in [2.05, 4.69) is 15.3 Å². The molecule has 0 aliphatic carbocycles. The lowest BCUT2D eigenvalue weighted by Gasteiger charge is -2.13. The third-order valence-corrected chi connectivity index (χ3v) is 2.98.